The van der Waals surface area contributed by atoms with Crippen LogP contribution in [0.15, 0.2) is 51.7 Å². The van der Waals surface area contributed by atoms with Crippen molar-refractivity contribution in [3.8, 4) is 17.1 Å². The molecule has 0 saturated carbocycles. The van der Waals surface area contributed by atoms with Crippen molar-refractivity contribution in [1.29, 1.82) is 0 Å². The van der Waals surface area contributed by atoms with Gasteiger partial charge >= 0.3 is 11.6 Å². The molecule has 2 aromatic carbocycles. The standard InChI is InChI=1S/C18H12ClNO6/c19-11-4-1-9(2-5-11)10-3-6-12-13(7-10)15(18(25)26-17(12)24)16(23)20-8-14(21)22/h1-7,24H,8H2,(H,20,23)(H,21,22). The second-order valence-corrected chi connectivity index (χ2v) is 5.85. The van der Waals surface area contributed by atoms with E-state index in [4.69, 9.17) is 16.7 Å². The molecule has 26 heavy (non-hydrogen) atoms. The maximum atomic E-state index is 12.3. The highest BCUT2D eigenvalue weighted by Crippen LogP contribution is 2.30. The van der Waals surface area contributed by atoms with Crippen molar-refractivity contribution in [3.63, 3.8) is 0 Å². The fourth-order valence-electron chi connectivity index (χ4n) is 2.52. The molecule has 1 aromatic heterocycles. The lowest BCUT2D eigenvalue weighted by Crippen LogP contribution is -2.32. The number of hydrogen-bond acceptors (Lipinski definition) is 5. The molecule has 0 aliphatic carbocycles. The molecule has 8 heteroatoms. The Kier molecular flexibility index (Phi) is 4.64. The van der Waals surface area contributed by atoms with Crippen LogP contribution in [0.3, 0.4) is 0 Å². The lowest BCUT2D eigenvalue weighted by molar-refractivity contribution is -0.135. The van der Waals surface area contributed by atoms with E-state index < -0.39 is 30.0 Å². The van der Waals surface area contributed by atoms with E-state index in [0.717, 1.165) is 5.56 Å². The average molecular weight is 374 g/mol. The molecule has 0 atom stereocenters. The molecule has 0 aliphatic heterocycles. The van der Waals surface area contributed by atoms with Gasteiger partial charge in [0.15, 0.2) is 0 Å². The van der Waals surface area contributed by atoms with Gasteiger partial charge in [-0.1, -0.05) is 29.8 Å². The summed E-state index contributed by atoms with van der Waals surface area (Å²) in [6.07, 6.45) is 0. The van der Waals surface area contributed by atoms with E-state index >= 15 is 0 Å². The highest BCUT2D eigenvalue weighted by Gasteiger charge is 2.20. The fraction of sp³-hybridized carbons (Fsp3) is 0.0556. The number of aromatic hydroxyl groups is 1. The molecule has 0 unspecified atom stereocenters. The normalized spacial score (nSPS) is 10.7. The third-order valence-electron chi connectivity index (χ3n) is 3.72. The predicted octanol–water partition coefficient (Wildman–Crippen LogP) is 2.63. The zero-order valence-corrected chi connectivity index (χ0v) is 13.9. The lowest BCUT2D eigenvalue weighted by atomic mass is 9.99. The van der Waals surface area contributed by atoms with Gasteiger partial charge in [0, 0.05) is 10.4 Å². The smallest absolute Gasteiger partial charge is 0.352 e. The Morgan fingerprint density at radius 2 is 1.69 bits per heavy atom. The summed E-state index contributed by atoms with van der Waals surface area (Å²) in [4.78, 5) is 35.0. The average Bonchev–Trinajstić information content (AvgIpc) is 2.60. The Morgan fingerprint density at radius 3 is 2.35 bits per heavy atom. The Hall–Kier alpha value is -3.32. The van der Waals surface area contributed by atoms with Crippen LogP contribution in [0.1, 0.15) is 10.4 Å². The minimum Gasteiger partial charge on any atom is -0.480 e. The van der Waals surface area contributed by atoms with Gasteiger partial charge in [0.05, 0.1) is 5.39 Å². The van der Waals surface area contributed by atoms with Crippen LogP contribution >= 0.6 is 11.6 Å². The van der Waals surface area contributed by atoms with Crippen LogP contribution < -0.4 is 10.9 Å². The van der Waals surface area contributed by atoms with Crippen LogP contribution in [0.2, 0.25) is 5.02 Å². The van der Waals surface area contributed by atoms with Crippen LogP contribution in [0.25, 0.3) is 21.9 Å². The van der Waals surface area contributed by atoms with Crippen LogP contribution in [0.4, 0.5) is 0 Å². The van der Waals surface area contributed by atoms with Crippen molar-refractivity contribution < 1.29 is 24.2 Å². The third kappa shape index (κ3) is 3.38. The number of hydrogen-bond donors (Lipinski definition) is 3. The van der Waals surface area contributed by atoms with E-state index in [-0.39, 0.29) is 16.3 Å². The maximum Gasteiger partial charge on any atom is 0.352 e. The molecule has 0 aliphatic rings. The third-order valence-corrected chi connectivity index (χ3v) is 3.97. The Bertz CT molecular complexity index is 1070. The summed E-state index contributed by atoms with van der Waals surface area (Å²) in [5, 5.41) is 21.5. The van der Waals surface area contributed by atoms with Crippen LogP contribution in [-0.2, 0) is 4.79 Å². The first-order valence-electron chi connectivity index (χ1n) is 7.42. The van der Waals surface area contributed by atoms with Crippen LogP contribution in [0.5, 0.6) is 5.95 Å². The highest BCUT2D eigenvalue weighted by molar-refractivity contribution is 6.30. The van der Waals surface area contributed by atoms with Crippen LogP contribution in [-0.4, -0.2) is 28.6 Å². The van der Waals surface area contributed by atoms with Gasteiger partial charge in [-0.2, -0.15) is 0 Å². The summed E-state index contributed by atoms with van der Waals surface area (Å²) in [7, 11) is 0. The number of rotatable bonds is 4. The molecule has 0 spiro atoms. The number of nitrogens with one attached hydrogen (secondary N) is 1. The summed E-state index contributed by atoms with van der Waals surface area (Å²) in [6, 6.07) is 11.6. The van der Waals surface area contributed by atoms with Gasteiger partial charge in [-0.15, -0.1) is 0 Å². The number of carboxylic acid groups (broad SMARTS) is 1. The Balaban J connectivity index is 2.18. The summed E-state index contributed by atoms with van der Waals surface area (Å²) >= 11 is 5.88. The SMILES string of the molecule is O=C(O)CNC(=O)c1c(=O)oc(O)c2ccc(-c3ccc(Cl)cc3)cc12. The number of benzene rings is 2. The van der Waals surface area contributed by atoms with Crippen molar-refractivity contribution in [2.45, 2.75) is 0 Å². The summed E-state index contributed by atoms with van der Waals surface area (Å²) < 4.78 is 4.69. The van der Waals surface area contributed by atoms with Gasteiger partial charge in [-0.05, 0) is 35.4 Å². The summed E-state index contributed by atoms with van der Waals surface area (Å²) in [5.74, 6) is -2.78. The van der Waals surface area contributed by atoms with Gasteiger partial charge in [0.25, 0.3) is 11.9 Å². The van der Waals surface area contributed by atoms with Crippen molar-refractivity contribution in [1.82, 2.24) is 5.32 Å². The molecular weight excluding hydrogens is 362 g/mol. The molecule has 0 fully saturated rings. The molecule has 0 radical (unpaired) electrons. The zero-order chi connectivity index (χ0) is 18.8. The van der Waals surface area contributed by atoms with Crippen molar-refractivity contribution in [2.75, 3.05) is 6.54 Å². The number of carbonyl (C=O) groups is 2. The molecule has 1 amide bonds. The summed E-state index contributed by atoms with van der Waals surface area (Å²) in [5.41, 5.74) is 0.00776. The minimum absolute atomic E-state index is 0.147. The Labute approximate surface area is 151 Å². The van der Waals surface area contributed by atoms with E-state index in [1.807, 2.05) is 0 Å². The van der Waals surface area contributed by atoms with Gasteiger partial charge < -0.3 is 19.9 Å². The second-order valence-electron chi connectivity index (χ2n) is 5.41. The topological polar surface area (TPSA) is 117 Å². The maximum absolute atomic E-state index is 12.3. The molecule has 0 bridgehead atoms. The molecule has 132 valence electrons. The molecule has 3 N–H and O–H groups in total. The zero-order valence-electron chi connectivity index (χ0n) is 13.2. The van der Waals surface area contributed by atoms with Crippen LogP contribution in [0, 0.1) is 0 Å². The van der Waals surface area contributed by atoms with E-state index in [1.165, 1.54) is 6.07 Å². The first-order valence-corrected chi connectivity index (χ1v) is 7.80. The quantitative estimate of drug-likeness (QED) is 0.647. The number of carbonyl (C=O) groups excluding carboxylic acids is 1. The van der Waals surface area contributed by atoms with E-state index in [2.05, 4.69) is 9.73 Å². The lowest BCUT2D eigenvalue weighted by Gasteiger charge is -2.09. The number of carboxylic acids is 1. The second kappa shape index (κ2) is 6.89. The van der Waals surface area contributed by atoms with Gasteiger partial charge in [-0.25, -0.2) is 4.79 Å². The fourth-order valence-corrected chi connectivity index (χ4v) is 2.65. The monoisotopic (exact) mass is 373 g/mol. The van der Waals surface area contributed by atoms with E-state index in [0.29, 0.717) is 10.6 Å². The first kappa shape index (κ1) is 17.5. The molecular formula is C18H12ClNO6. The molecule has 1 heterocycles. The number of halogens is 1. The molecule has 0 saturated heterocycles. The number of amides is 1. The highest BCUT2D eigenvalue weighted by atomic mass is 35.5. The van der Waals surface area contributed by atoms with Crippen molar-refractivity contribution >= 4 is 34.2 Å². The first-order chi connectivity index (χ1) is 12.4. The predicted molar refractivity (Wildman–Crippen MR) is 94.6 cm³/mol. The van der Waals surface area contributed by atoms with E-state index in [1.54, 1.807) is 36.4 Å². The molecule has 3 aromatic rings. The van der Waals surface area contributed by atoms with Crippen molar-refractivity contribution in [2.24, 2.45) is 0 Å². The van der Waals surface area contributed by atoms with Gasteiger partial charge in [0.2, 0.25) is 0 Å². The van der Waals surface area contributed by atoms with Gasteiger partial charge in [0.1, 0.15) is 12.1 Å². The van der Waals surface area contributed by atoms with E-state index in [9.17, 15) is 19.5 Å². The molecule has 3 rings (SSSR count). The minimum atomic E-state index is -1.26. The number of aliphatic carboxylic acids is 1. The summed E-state index contributed by atoms with van der Waals surface area (Å²) in [6.45, 7) is -0.655. The Morgan fingerprint density at radius 1 is 1.04 bits per heavy atom. The van der Waals surface area contributed by atoms with Crippen molar-refractivity contribution in [3.05, 3.63) is 63.5 Å². The van der Waals surface area contributed by atoms with Gasteiger partial charge in [-0.3, -0.25) is 9.59 Å². The number of fused-ring (bicyclic) bond motifs is 1. The largest absolute Gasteiger partial charge is 0.480 e. The molecule has 7 nitrogen and oxygen atoms in total.